The molecule has 0 radical (unpaired) electrons. The van der Waals surface area contributed by atoms with Gasteiger partial charge in [-0.1, -0.05) is 0 Å². The van der Waals surface area contributed by atoms with E-state index >= 15 is 0 Å². The van der Waals surface area contributed by atoms with Crippen molar-refractivity contribution in [3.63, 3.8) is 0 Å². The fourth-order valence-corrected chi connectivity index (χ4v) is 3.39. The van der Waals surface area contributed by atoms with E-state index in [-0.39, 0.29) is 17.6 Å². The Morgan fingerprint density at radius 3 is 2.23 bits per heavy atom. The van der Waals surface area contributed by atoms with Crippen LogP contribution in [0.25, 0.3) is 0 Å². The van der Waals surface area contributed by atoms with Crippen molar-refractivity contribution < 1.29 is 14.5 Å². The molecular formula is C22H27N5O4. The van der Waals surface area contributed by atoms with E-state index in [1.165, 1.54) is 12.1 Å². The fraction of sp³-hybridized carbons (Fsp3) is 0.409. The number of carbonyl (C=O) groups is 1. The quantitative estimate of drug-likeness (QED) is 0.276. The number of esters is 1. The third-order valence-electron chi connectivity index (χ3n) is 5.22. The first kappa shape index (κ1) is 22.4. The van der Waals surface area contributed by atoms with Crippen molar-refractivity contribution in [2.24, 2.45) is 16.1 Å². The van der Waals surface area contributed by atoms with Gasteiger partial charge in [-0.15, -0.1) is 0 Å². The van der Waals surface area contributed by atoms with E-state index in [9.17, 15) is 14.9 Å². The number of likely N-dealkylation sites (N-methyl/N-ethyl adjacent to an activating group) is 1. The molecule has 164 valence electrons. The Hall–Kier alpha value is -3.33. The van der Waals surface area contributed by atoms with Crippen LogP contribution >= 0.6 is 0 Å². The number of nitrogens with zero attached hydrogens (tertiary/aromatic N) is 4. The number of hydrogen-bond acceptors (Lipinski definition) is 8. The molecule has 0 bridgehead atoms. The molecule has 2 aromatic rings. The number of benzene rings is 2. The predicted molar refractivity (Wildman–Crippen MR) is 118 cm³/mol. The Morgan fingerprint density at radius 2 is 1.68 bits per heavy atom. The van der Waals surface area contributed by atoms with Crippen LogP contribution in [0.1, 0.15) is 19.8 Å². The van der Waals surface area contributed by atoms with E-state index in [0.29, 0.717) is 24.5 Å². The molecule has 0 aliphatic carbocycles. The zero-order valence-electron chi connectivity index (χ0n) is 17.6. The van der Waals surface area contributed by atoms with Gasteiger partial charge >= 0.3 is 5.97 Å². The van der Waals surface area contributed by atoms with Gasteiger partial charge in [0.2, 0.25) is 0 Å². The highest BCUT2D eigenvalue weighted by Gasteiger charge is 2.22. The summed E-state index contributed by atoms with van der Waals surface area (Å²) in [6, 6.07) is 13.5. The Balaban J connectivity index is 1.51. The molecule has 1 N–H and O–H groups in total. The standard InChI is InChI=1S/C22H27N5O4/c1-2-26(15-16-31-22(28)17-11-13-23-14-12-17)20-7-3-18(4-8-20)24-25-19-5-9-21(10-6-19)27(29)30/h3-10,17,23H,2,11-16H2,1H3. The molecule has 1 fully saturated rings. The molecule has 0 saturated carbocycles. The van der Waals surface area contributed by atoms with Crippen LogP contribution in [0.5, 0.6) is 0 Å². The molecule has 0 unspecified atom stereocenters. The lowest BCUT2D eigenvalue weighted by atomic mass is 9.99. The molecule has 9 nitrogen and oxygen atoms in total. The van der Waals surface area contributed by atoms with E-state index in [1.54, 1.807) is 12.1 Å². The minimum Gasteiger partial charge on any atom is -0.464 e. The molecule has 0 spiro atoms. The molecule has 2 aromatic carbocycles. The largest absolute Gasteiger partial charge is 0.464 e. The summed E-state index contributed by atoms with van der Waals surface area (Å²) in [6.45, 7) is 5.56. The minimum atomic E-state index is -0.451. The molecule has 0 aromatic heterocycles. The summed E-state index contributed by atoms with van der Waals surface area (Å²) in [7, 11) is 0. The Bertz CT molecular complexity index is 893. The number of ether oxygens (including phenoxy) is 1. The molecule has 9 heteroatoms. The molecular weight excluding hydrogens is 398 g/mol. The van der Waals surface area contributed by atoms with Gasteiger partial charge in [0, 0.05) is 24.4 Å². The Labute approximate surface area is 181 Å². The highest BCUT2D eigenvalue weighted by Crippen LogP contribution is 2.23. The summed E-state index contributed by atoms with van der Waals surface area (Å²) < 4.78 is 5.49. The van der Waals surface area contributed by atoms with E-state index in [4.69, 9.17) is 4.74 Å². The van der Waals surface area contributed by atoms with Crippen LogP contribution in [0.2, 0.25) is 0 Å². The summed E-state index contributed by atoms with van der Waals surface area (Å²) in [6.07, 6.45) is 1.68. The number of nitrogens with one attached hydrogen (secondary N) is 1. The smallest absolute Gasteiger partial charge is 0.309 e. The Kier molecular flexibility index (Phi) is 8.05. The van der Waals surface area contributed by atoms with Gasteiger partial charge in [-0.2, -0.15) is 10.2 Å². The van der Waals surface area contributed by atoms with Crippen LogP contribution in [0.3, 0.4) is 0 Å². The average molecular weight is 425 g/mol. The number of non-ortho nitro benzene ring substituents is 1. The van der Waals surface area contributed by atoms with Gasteiger partial charge in [-0.25, -0.2) is 0 Å². The van der Waals surface area contributed by atoms with Gasteiger partial charge in [-0.3, -0.25) is 14.9 Å². The van der Waals surface area contributed by atoms with Gasteiger partial charge in [0.15, 0.2) is 0 Å². The lowest BCUT2D eigenvalue weighted by Crippen LogP contribution is -2.34. The highest BCUT2D eigenvalue weighted by molar-refractivity contribution is 5.72. The summed E-state index contributed by atoms with van der Waals surface area (Å²) in [5.74, 6) is -0.0868. The summed E-state index contributed by atoms with van der Waals surface area (Å²) in [5, 5.41) is 22.2. The second-order valence-corrected chi connectivity index (χ2v) is 7.26. The van der Waals surface area contributed by atoms with Crippen LogP contribution < -0.4 is 10.2 Å². The lowest BCUT2D eigenvalue weighted by Gasteiger charge is -2.24. The maximum Gasteiger partial charge on any atom is 0.309 e. The van der Waals surface area contributed by atoms with Crippen molar-refractivity contribution in [1.29, 1.82) is 0 Å². The summed E-state index contributed by atoms with van der Waals surface area (Å²) in [5.41, 5.74) is 2.25. The first-order valence-corrected chi connectivity index (χ1v) is 10.5. The van der Waals surface area contributed by atoms with Crippen LogP contribution in [0, 0.1) is 16.0 Å². The highest BCUT2D eigenvalue weighted by atomic mass is 16.6. The maximum atomic E-state index is 12.2. The molecule has 3 rings (SSSR count). The third kappa shape index (κ3) is 6.58. The van der Waals surface area contributed by atoms with Gasteiger partial charge in [0.05, 0.1) is 28.8 Å². The normalized spacial score (nSPS) is 14.5. The minimum absolute atomic E-state index is 0.0109. The first-order chi connectivity index (χ1) is 15.1. The number of azo groups is 1. The number of anilines is 1. The van der Waals surface area contributed by atoms with E-state index in [2.05, 4.69) is 27.4 Å². The van der Waals surface area contributed by atoms with Crippen molar-refractivity contribution in [3.8, 4) is 0 Å². The zero-order chi connectivity index (χ0) is 22.1. The number of nitro benzene ring substituents is 1. The van der Waals surface area contributed by atoms with Gasteiger partial charge < -0.3 is 15.0 Å². The van der Waals surface area contributed by atoms with Crippen LogP contribution in [-0.2, 0) is 9.53 Å². The monoisotopic (exact) mass is 425 g/mol. The van der Waals surface area contributed by atoms with Gasteiger partial charge in [0.1, 0.15) is 6.61 Å². The van der Waals surface area contributed by atoms with Gasteiger partial charge in [0.25, 0.3) is 5.69 Å². The second-order valence-electron chi connectivity index (χ2n) is 7.26. The number of carbonyl (C=O) groups excluding carboxylic acids is 1. The molecule has 0 atom stereocenters. The lowest BCUT2D eigenvalue weighted by molar-refractivity contribution is -0.384. The van der Waals surface area contributed by atoms with Crippen LogP contribution in [0.15, 0.2) is 58.8 Å². The Morgan fingerprint density at radius 1 is 1.10 bits per heavy atom. The number of piperidine rings is 1. The summed E-state index contributed by atoms with van der Waals surface area (Å²) >= 11 is 0. The molecule has 31 heavy (non-hydrogen) atoms. The van der Waals surface area contributed by atoms with Crippen LogP contribution in [-0.4, -0.2) is 43.7 Å². The average Bonchev–Trinajstić information content (AvgIpc) is 2.81. The third-order valence-corrected chi connectivity index (χ3v) is 5.22. The zero-order valence-corrected chi connectivity index (χ0v) is 17.6. The fourth-order valence-electron chi connectivity index (χ4n) is 3.39. The molecule has 0 amide bonds. The van der Waals surface area contributed by atoms with Crippen molar-refractivity contribution in [3.05, 3.63) is 58.6 Å². The van der Waals surface area contributed by atoms with Crippen molar-refractivity contribution in [1.82, 2.24) is 5.32 Å². The molecule has 1 saturated heterocycles. The van der Waals surface area contributed by atoms with Crippen molar-refractivity contribution >= 4 is 28.7 Å². The second kappa shape index (κ2) is 11.2. The molecule has 1 aliphatic rings. The van der Waals surface area contributed by atoms with E-state index in [0.717, 1.165) is 38.2 Å². The topological polar surface area (TPSA) is 109 Å². The SMILES string of the molecule is CCN(CCOC(=O)C1CCNCC1)c1ccc(N=Nc2ccc([N+](=O)[O-])cc2)cc1. The van der Waals surface area contributed by atoms with Crippen molar-refractivity contribution in [2.75, 3.05) is 37.7 Å². The van der Waals surface area contributed by atoms with Crippen molar-refractivity contribution in [2.45, 2.75) is 19.8 Å². The van der Waals surface area contributed by atoms with Gasteiger partial charge in [-0.05, 0) is 69.3 Å². The number of rotatable bonds is 9. The number of nitro groups is 1. The molecule has 1 heterocycles. The predicted octanol–water partition coefficient (Wildman–Crippen LogP) is 4.38. The summed E-state index contributed by atoms with van der Waals surface area (Å²) in [4.78, 5) is 24.5. The molecule has 1 aliphatic heterocycles. The maximum absolute atomic E-state index is 12.2. The van der Waals surface area contributed by atoms with E-state index < -0.39 is 4.92 Å². The first-order valence-electron chi connectivity index (χ1n) is 10.5. The number of hydrogen-bond donors (Lipinski definition) is 1. The van der Waals surface area contributed by atoms with E-state index in [1.807, 2.05) is 24.3 Å². The van der Waals surface area contributed by atoms with Crippen LogP contribution in [0.4, 0.5) is 22.7 Å².